The zero-order chi connectivity index (χ0) is 78.2. The quantitative estimate of drug-likeness (QED) is 0.128. The van der Waals surface area contributed by atoms with Gasteiger partial charge in [-0.3, -0.25) is 0 Å². The Bertz CT molecular complexity index is 7680. The van der Waals surface area contributed by atoms with Crippen LogP contribution in [0, 0.1) is 0 Å². The van der Waals surface area contributed by atoms with Crippen LogP contribution in [-0.4, -0.2) is 32.5 Å². The highest BCUT2D eigenvalue weighted by molar-refractivity contribution is 6.18. The largest absolute Gasteiger partial charge is 0.344 e. The Labute approximate surface area is 687 Å². The van der Waals surface area contributed by atoms with Crippen molar-refractivity contribution in [1.82, 2.24) is 19.8 Å². The molecule has 1 aliphatic carbocycles. The number of hydrogen-bond acceptors (Lipinski definition) is 6. The van der Waals surface area contributed by atoms with Crippen LogP contribution in [-0.2, 0) is 5.41 Å². The first-order valence-corrected chi connectivity index (χ1v) is 40.9. The zero-order valence-electron chi connectivity index (χ0n) is 64.6. The lowest BCUT2D eigenvalue weighted by Crippen LogP contribution is -2.33. The van der Waals surface area contributed by atoms with Crippen molar-refractivity contribution < 1.29 is 0 Å². The highest BCUT2D eigenvalue weighted by Gasteiger charge is 2.51. The predicted octanol–water partition coefficient (Wildman–Crippen LogP) is 26.2. The van der Waals surface area contributed by atoms with Crippen LogP contribution >= 0.6 is 0 Å². The second kappa shape index (κ2) is 27.3. The molecule has 3 atom stereocenters. The van der Waals surface area contributed by atoms with Crippen molar-refractivity contribution in [2.45, 2.75) is 17.7 Å². The molecule has 0 radical (unpaired) electrons. The number of benzene rings is 18. The molecule has 8 heteroatoms. The van der Waals surface area contributed by atoms with Gasteiger partial charge in [-0.2, -0.15) is 0 Å². The maximum Gasteiger partial charge on any atom is 0.159 e. The van der Waals surface area contributed by atoms with Crippen molar-refractivity contribution in [1.29, 1.82) is 0 Å². The normalized spacial score (nSPS) is 15.8. The molecule has 0 bridgehead atoms. The van der Waals surface area contributed by atoms with Crippen molar-refractivity contribution in [2.75, 3.05) is 0 Å². The van der Waals surface area contributed by atoms with E-state index in [2.05, 4.69) is 420 Å². The molecule has 0 fully saturated rings. The van der Waals surface area contributed by atoms with Crippen molar-refractivity contribution in [3.05, 3.63) is 468 Å². The van der Waals surface area contributed by atoms with Crippen LogP contribution in [0.3, 0.4) is 0 Å². The van der Waals surface area contributed by atoms with Gasteiger partial charge in [0.25, 0.3) is 0 Å². The summed E-state index contributed by atoms with van der Waals surface area (Å²) in [6.07, 6.45) is -0.759. The Morgan fingerprint density at radius 1 is 0.244 bits per heavy atom. The van der Waals surface area contributed by atoms with Crippen LogP contribution < -0.4 is 10.6 Å². The fourth-order valence-electron chi connectivity index (χ4n) is 19.7. The average molecular weight is 1520 g/mol. The molecule has 0 saturated carbocycles. The number of nitrogens with one attached hydrogen (secondary N) is 2. The highest BCUT2D eigenvalue weighted by Crippen LogP contribution is 2.62. The molecule has 24 rings (SSSR count). The summed E-state index contributed by atoms with van der Waals surface area (Å²) < 4.78 is 4.94. The molecule has 3 aliphatic heterocycles. The Kier molecular flexibility index (Phi) is 15.5. The smallest absolute Gasteiger partial charge is 0.159 e. The lowest BCUT2D eigenvalue weighted by molar-refractivity contribution is 0.674. The van der Waals surface area contributed by atoms with Crippen molar-refractivity contribution in [2.24, 2.45) is 20.0 Å². The minimum Gasteiger partial charge on any atom is -0.344 e. The molecule has 2 N–H and O–H groups in total. The molecule has 2 aromatic heterocycles. The molecule has 0 amide bonds. The summed E-state index contributed by atoms with van der Waals surface area (Å²) in [6, 6.07) is 151. The number of aromatic nitrogens is 2. The van der Waals surface area contributed by atoms with Crippen LogP contribution in [0.25, 0.3) is 143 Å². The minimum atomic E-state index is -0.744. The number of nitrogens with zero attached hydrogens (tertiary/aromatic N) is 6. The average Bonchev–Trinajstić information content (AvgIpc) is 1.51. The summed E-state index contributed by atoms with van der Waals surface area (Å²) in [5.41, 5.74) is 30.8. The first kappa shape index (κ1) is 67.8. The summed E-state index contributed by atoms with van der Waals surface area (Å²) in [5.74, 6) is 2.85. The molecular formula is C111H72N8. The van der Waals surface area contributed by atoms with Gasteiger partial charge in [0.15, 0.2) is 11.7 Å². The molecule has 20 aromatic rings. The Balaban J connectivity index is 0.630. The lowest BCUT2D eigenvalue weighted by Gasteiger charge is -2.40. The van der Waals surface area contributed by atoms with Crippen LogP contribution in [0.2, 0.25) is 0 Å². The van der Waals surface area contributed by atoms with Gasteiger partial charge < -0.3 is 19.8 Å². The zero-order valence-corrected chi connectivity index (χ0v) is 64.6. The fourth-order valence-corrected chi connectivity index (χ4v) is 19.7. The minimum absolute atomic E-state index is 0.334. The molecule has 8 nitrogen and oxygen atoms in total. The first-order chi connectivity index (χ1) is 59.0. The molecule has 556 valence electrons. The number of hydrogen-bond donors (Lipinski definition) is 2. The monoisotopic (exact) mass is 1520 g/mol. The third-order valence-corrected chi connectivity index (χ3v) is 25.0. The summed E-state index contributed by atoms with van der Waals surface area (Å²) in [5, 5.41) is 17.1. The number of para-hydroxylation sites is 4. The summed E-state index contributed by atoms with van der Waals surface area (Å²) >= 11 is 0. The van der Waals surface area contributed by atoms with Crippen molar-refractivity contribution in [3.8, 4) is 78.1 Å². The van der Waals surface area contributed by atoms with Gasteiger partial charge in [-0.05, 0) is 182 Å². The number of rotatable bonds is 12. The molecule has 0 saturated heterocycles. The lowest BCUT2D eigenvalue weighted by atomic mass is 9.65. The number of aliphatic imine (C=N–C) groups is 4. The fraction of sp³-hybridized carbons (Fsp3) is 0.0270. The van der Waals surface area contributed by atoms with Gasteiger partial charge in [0.1, 0.15) is 24.0 Å². The second-order valence-corrected chi connectivity index (χ2v) is 31.5. The maximum absolute atomic E-state index is 5.58. The maximum atomic E-state index is 5.58. The molecule has 18 aromatic carbocycles. The van der Waals surface area contributed by atoms with Gasteiger partial charge in [-0.25, -0.2) is 20.0 Å². The van der Waals surface area contributed by atoms with Crippen molar-refractivity contribution >= 4 is 88.5 Å². The Hall–Kier alpha value is -15.6. The topological polar surface area (TPSA) is 83.4 Å². The van der Waals surface area contributed by atoms with Crippen molar-refractivity contribution in [3.63, 3.8) is 0 Å². The molecule has 4 aliphatic rings. The van der Waals surface area contributed by atoms with E-state index in [1.165, 1.54) is 98.5 Å². The van der Waals surface area contributed by atoms with E-state index < -0.39 is 11.6 Å². The Morgan fingerprint density at radius 3 is 1.29 bits per heavy atom. The molecule has 1 spiro atoms. The molecular weight excluding hydrogens is 1450 g/mol. The van der Waals surface area contributed by atoms with E-state index in [0.29, 0.717) is 11.7 Å². The predicted molar refractivity (Wildman–Crippen MR) is 492 cm³/mol. The third-order valence-electron chi connectivity index (χ3n) is 25.0. The SMILES string of the molecule is c1ccc(C2=NC(c3cccc(-c4c(-c5ccc6c(c5)C5(c7ccccc7-6)c6ccc(-c7cccc(C8=NC(c9cccc(-c%10c(-c%11ccc(-n%12c%13ccccc%13c%13ccccc%13%12)cc%11)ccc%11ccccc%10%11)c9)=NC(c9ccccc9)N8)c7)cc6-n6c7ccccc7c7cccc5c76)ccc5ccccc45)c3)=NC(c3ccccc3)N2)cc1. The summed E-state index contributed by atoms with van der Waals surface area (Å²) in [4.78, 5) is 21.7. The van der Waals surface area contributed by atoms with Gasteiger partial charge >= 0.3 is 0 Å². The standard InChI is InChI=1S/C111H72N8/c1-4-28-72(29-5-1)105-112-106(73-30-6-2-7-31-73)114-109(113-105)81-38-24-36-79(66-81)103-85-41-13-11-27-70(85)55-61-87(103)77-56-62-89-88-42-14-18-47-94(88)111(97(89)67-77)95-63-57-76(68-101(95)119-100-51-21-17-45-92(100)93-46-25-48-96(111)104(93)119)75-34-22-37-80(64-75)108-115-107(74-32-8-3-9-33-74)116-110(117-108)82-39-23-35-78(65-82)102-84-40-12-10-26-69(84)54-60-86(102)71-52-58-83(59-53-71)118-98-49-19-15-43-90(98)91-44-16-20-50-99(91)118/h1-68,105,107H,(H,112,113,114)(H,115,116,117). The van der Waals surface area contributed by atoms with E-state index in [-0.39, 0.29) is 6.17 Å². The van der Waals surface area contributed by atoms with E-state index in [1.807, 2.05) is 12.1 Å². The van der Waals surface area contributed by atoms with Crippen LogP contribution in [0.5, 0.6) is 0 Å². The molecule has 5 heterocycles. The van der Waals surface area contributed by atoms with Gasteiger partial charge in [0.2, 0.25) is 0 Å². The second-order valence-electron chi connectivity index (χ2n) is 31.5. The molecule has 3 unspecified atom stereocenters. The van der Waals surface area contributed by atoms with Gasteiger partial charge in [-0.15, -0.1) is 0 Å². The van der Waals surface area contributed by atoms with Crippen LogP contribution in [0.15, 0.2) is 432 Å². The van der Waals surface area contributed by atoms with E-state index >= 15 is 0 Å². The van der Waals surface area contributed by atoms with Gasteiger partial charge in [0.05, 0.1) is 33.2 Å². The Morgan fingerprint density at radius 2 is 0.664 bits per heavy atom. The third kappa shape index (κ3) is 10.8. The van der Waals surface area contributed by atoms with E-state index in [0.717, 1.165) is 112 Å². The van der Waals surface area contributed by atoms with Gasteiger partial charge in [0, 0.05) is 49.5 Å². The van der Waals surface area contributed by atoms with E-state index in [9.17, 15) is 0 Å². The van der Waals surface area contributed by atoms with Gasteiger partial charge in [-0.1, -0.05) is 352 Å². The highest BCUT2D eigenvalue weighted by atomic mass is 15.2. The summed E-state index contributed by atoms with van der Waals surface area (Å²) in [7, 11) is 0. The van der Waals surface area contributed by atoms with E-state index in [1.54, 1.807) is 0 Å². The first-order valence-electron chi connectivity index (χ1n) is 40.9. The number of amidine groups is 4. The molecule has 119 heavy (non-hydrogen) atoms. The van der Waals surface area contributed by atoms with E-state index in [4.69, 9.17) is 20.0 Å². The van der Waals surface area contributed by atoms with Crippen LogP contribution in [0.1, 0.15) is 68.0 Å². The van der Waals surface area contributed by atoms with Crippen LogP contribution in [0.4, 0.5) is 0 Å². The summed E-state index contributed by atoms with van der Waals surface area (Å²) in [6.45, 7) is 0. The number of fused-ring (bicyclic) bond motifs is 17.